The van der Waals surface area contributed by atoms with Crippen LogP contribution in [0, 0.1) is 5.41 Å². The van der Waals surface area contributed by atoms with Crippen LogP contribution in [0.2, 0.25) is 0 Å². The molecule has 2 amide bonds. The minimum Gasteiger partial charge on any atom is -0.351 e. The van der Waals surface area contributed by atoms with Gasteiger partial charge in [0.25, 0.3) is 5.92 Å². The van der Waals surface area contributed by atoms with Gasteiger partial charge in [-0.05, 0) is 6.42 Å². The van der Waals surface area contributed by atoms with E-state index in [1.165, 1.54) is 4.90 Å². The maximum Gasteiger partial charge on any atom is 0.314 e. The number of nitrogens with zero attached hydrogens (tertiary/aromatic N) is 1. The van der Waals surface area contributed by atoms with Crippen LogP contribution >= 0.6 is 0 Å². The Morgan fingerprint density at radius 3 is 2.33 bits per heavy atom. The molecular formula is C7H10F2N2O. The average Bonchev–Trinajstić information content (AvgIpc) is 2.38. The van der Waals surface area contributed by atoms with Crippen LogP contribution in [-0.2, 0) is 0 Å². The van der Waals surface area contributed by atoms with Crippen LogP contribution in [0.1, 0.15) is 12.8 Å². The van der Waals surface area contributed by atoms with Gasteiger partial charge in [-0.1, -0.05) is 0 Å². The van der Waals surface area contributed by atoms with E-state index in [-0.39, 0.29) is 13.0 Å². The minimum atomic E-state index is -2.56. The van der Waals surface area contributed by atoms with Crippen LogP contribution in [0.25, 0.3) is 0 Å². The maximum absolute atomic E-state index is 12.8. The summed E-state index contributed by atoms with van der Waals surface area (Å²) in [6.45, 7) is 0.514. The SMILES string of the molecule is NC(=O)N1CCC2(C1)CC2(F)F. The van der Waals surface area contributed by atoms with E-state index in [2.05, 4.69) is 0 Å². The predicted octanol–water partition coefficient (Wildman–Crippen LogP) is 0.796. The highest BCUT2D eigenvalue weighted by Gasteiger charge is 2.72. The minimum absolute atomic E-state index is 0.0796. The van der Waals surface area contributed by atoms with Gasteiger partial charge in [-0.2, -0.15) is 0 Å². The molecule has 0 aromatic heterocycles. The molecule has 0 aromatic rings. The van der Waals surface area contributed by atoms with Gasteiger partial charge in [-0.15, -0.1) is 0 Å². The third-order valence-corrected chi connectivity index (χ3v) is 2.88. The Hall–Kier alpha value is -0.870. The van der Waals surface area contributed by atoms with Crippen molar-refractivity contribution in [2.24, 2.45) is 11.1 Å². The van der Waals surface area contributed by atoms with Crippen molar-refractivity contribution in [3.8, 4) is 0 Å². The molecule has 3 nitrogen and oxygen atoms in total. The van der Waals surface area contributed by atoms with Gasteiger partial charge in [-0.25, -0.2) is 13.6 Å². The molecule has 1 atom stereocenters. The smallest absolute Gasteiger partial charge is 0.314 e. The van der Waals surface area contributed by atoms with Crippen molar-refractivity contribution < 1.29 is 13.6 Å². The van der Waals surface area contributed by atoms with E-state index >= 15 is 0 Å². The lowest BCUT2D eigenvalue weighted by atomic mass is 10.1. The van der Waals surface area contributed by atoms with E-state index in [0.717, 1.165) is 0 Å². The number of primary amides is 1. The number of urea groups is 1. The molecule has 68 valence electrons. The molecule has 5 heteroatoms. The number of hydrogen-bond donors (Lipinski definition) is 1. The fraction of sp³-hybridized carbons (Fsp3) is 0.857. The predicted molar refractivity (Wildman–Crippen MR) is 37.8 cm³/mol. The Morgan fingerprint density at radius 1 is 1.50 bits per heavy atom. The quantitative estimate of drug-likeness (QED) is 0.583. The molecular weight excluding hydrogens is 166 g/mol. The van der Waals surface area contributed by atoms with Gasteiger partial charge in [0, 0.05) is 19.5 Å². The second kappa shape index (κ2) is 1.89. The van der Waals surface area contributed by atoms with Crippen LogP contribution in [0.4, 0.5) is 13.6 Å². The van der Waals surface area contributed by atoms with Gasteiger partial charge in [0.05, 0.1) is 5.41 Å². The molecule has 1 saturated heterocycles. The van der Waals surface area contributed by atoms with Gasteiger partial charge < -0.3 is 10.6 Å². The number of carbonyl (C=O) groups is 1. The van der Waals surface area contributed by atoms with Gasteiger partial charge in [-0.3, -0.25) is 0 Å². The summed E-state index contributed by atoms with van der Waals surface area (Å²) < 4.78 is 25.5. The second-order valence-corrected chi connectivity index (χ2v) is 3.67. The number of hydrogen-bond acceptors (Lipinski definition) is 1. The van der Waals surface area contributed by atoms with E-state index in [9.17, 15) is 13.6 Å². The summed E-state index contributed by atoms with van der Waals surface area (Å²) in [7, 11) is 0. The number of nitrogens with two attached hydrogens (primary N) is 1. The van der Waals surface area contributed by atoms with Crippen molar-refractivity contribution >= 4 is 6.03 Å². The van der Waals surface area contributed by atoms with E-state index in [0.29, 0.717) is 13.0 Å². The van der Waals surface area contributed by atoms with Crippen LogP contribution in [0.5, 0.6) is 0 Å². The molecule has 2 aliphatic rings. The van der Waals surface area contributed by atoms with E-state index in [1.54, 1.807) is 0 Å². The highest BCUT2D eigenvalue weighted by Crippen LogP contribution is 2.64. The zero-order valence-electron chi connectivity index (χ0n) is 6.52. The molecule has 1 unspecified atom stereocenters. The molecule has 1 heterocycles. The van der Waals surface area contributed by atoms with Crippen LogP contribution in [0.3, 0.4) is 0 Å². The van der Waals surface area contributed by atoms with Crippen LogP contribution < -0.4 is 5.73 Å². The lowest BCUT2D eigenvalue weighted by Crippen LogP contribution is -2.34. The Kier molecular flexibility index (Phi) is 1.22. The number of amides is 2. The van der Waals surface area contributed by atoms with Crippen LogP contribution in [-0.4, -0.2) is 29.9 Å². The summed E-state index contributed by atoms with van der Waals surface area (Å²) in [6.07, 6.45) is 0.312. The van der Waals surface area contributed by atoms with E-state index < -0.39 is 17.4 Å². The monoisotopic (exact) mass is 176 g/mol. The van der Waals surface area contributed by atoms with Gasteiger partial charge in [0.15, 0.2) is 0 Å². The van der Waals surface area contributed by atoms with Gasteiger partial charge >= 0.3 is 6.03 Å². The summed E-state index contributed by atoms with van der Waals surface area (Å²) >= 11 is 0. The molecule has 2 rings (SSSR count). The van der Waals surface area contributed by atoms with Crippen molar-refractivity contribution in [1.82, 2.24) is 4.90 Å². The molecule has 1 saturated carbocycles. The molecule has 1 spiro atoms. The first-order valence-electron chi connectivity index (χ1n) is 3.89. The fourth-order valence-corrected chi connectivity index (χ4v) is 1.88. The van der Waals surface area contributed by atoms with Crippen molar-refractivity contribution in [1.29, 1.82) is 0 Å². The Morgan fingerprint density at radius 2 is 2.08 bits per heavy atom. The topological polar surface area (TPSA) is 46.3 Å². The molecule has 1 aliphatic carbocycles. The second-order valence-electron chi connectivity index (χ2n) is 3.67. The fourth-order valence-electron chi connectivity index (χ4n) is 1.88. The van der Waals surface area contributed by atoms with Crippen molar-refractivity contribution in [3.63, 3.8) is 0 Å². The Balaban J connectivity index is 2.05. The average molecular weight is 176 g/mol. The molecule has 12 heavy (non-hydrogen) atoms. The molecule has 2 N–H and O–H groups in total. The first-order valence-corrected chi connectivity index (χ1v) is 3.89. The largest absolute Gasteiger partial charge is 0.351 e. The third-order valence-electron chi connectivity index (χ3n) is 2.88. The van der Waals surface area contributed by atoms with Crippen molar-refractivity contribution in [3.05, 3.63) is 0 Å². The summed E-state index contributed by atoms with van der Waals surface area (Å²) in [4.78, 5) is 11.9. The summed E-state index contributed by atoms with van der Waals surface area (Å²) in [6, 6.07) is -0.588. The molecule has 0 radical (unpaired) electrons. The number of halogens is 2. The molecule has 0 aromatic carbocycles. The van der Waals surface area contributed by atoms with Crippen molar-refractivity contribution in [2.75, 3.05) is 13.1 Å². The highest BCUT2D eigenvalue weighted by atomic mass is 19.3. The molecule has 2 fully saturated rings. The standard InChI is InChI=1S/C7H10F2N2O/c8-7(9)3-6(7)1-2-11(4-6)5(10)12/h1-4H2,(H2,10,12). The highest BCUT2D eigenvalue weighted by molar-refractivity contribution is 5.72. The number of likely N-dealkylation sites (tertiary alicyclic amines) is 1. The van der Waals surface area contributed by atoms with Gasteiger partial charge in [0.1, 0.15) is 0 Å². The van der Waals surface area contributed by atoms with Crippen molar-refractivity contribution in [2.45, 2.75) is 18.8 Å². The lowest BCUT2D eigenvalue weighted by molar-refractivity contribution is 0.0677. The maximum atomic E-state index is 12.8. The Bertz CT molecular complexity index is 244. The van der Waals surface area contributed by atoms with E-state index in [1.807, 2.05) is 0 Å². The first-order chi connectivity index (χ1) is 5.47. The number of rotatable bonds is 0. The van der Waals surface area contributed by atoms with Gasteiger partial charge in [0.2, 0.25) is 0 Å². The molecule has 1 aliphatic heterocycles. The Labute approximate surface area is 68.5 Å². The number of alkyl halides is 2. The normalized spacial score (nSPS) is 37.3. The van der Waals surface area contributed by atoms with Crippen LogP contribution in [0.15, 0.2) is 0 Å². The molecule has 0 bridgehead atoms. The lowest BCUT2D eigenvalue weighted by Gasteiger charge is -2.12. The summed E-state index contributed by atoms with van der Waals surface area (Å²) in [5.41, 5.74) is 4.06. The zero-order chi connectivity index (χ0) is 8.98. The number of carbonyl (C=O) groups excluding carboxylic acids is 1. The summed E-state index contributed by atoms with van der Waals surface area (Å²) in [5, 5.41) is 0. The first kappa shape index (κ1) is 7.76. The zero-order valence-corrected chi connectivity index (χ0v) is 6.52. The van der Waals surface area contributed by atoms with E-state index in [4.69, 9.17) is 5.73 Å². The summed E-state index contributed by atoms with van der Waals surface area (Å²) in [5.74, 6) is -2.56. The third kappa shape index (κ3) is 0.820.